The molecular weight excluding hydrogens is 378 g/mol. The number of amides is 3. The van der Waals surface area contributed by atoms with Crippen LogP contribution in [-0.4, -0.2) is 30.8 Å². The van der Waals surface area contributed by atoms with Gasteiger partial charge in [-0.2, -0.15) is 0 Å². The molecule has 0 aliphatic heterocycles. The lowest BCUT2D eigenvalue weighted by atomic mass is 10.2. The van der Waals surface area contributed by atoms with Crippen LogP contribution in [0.4, 0.5) is 5.69 Å². The molecule has 8 heteroatoms. The zero-order valence-corrected chi connectivity index (χ0v) is 14.5. The molecule has 3 N–H and O–H groups in total. The van der Waals surface area contributed by atoms with Crippen LogP contribution in [0, 0.1) is 0 Å². The number of halogens is 1. The second-order valence-electron chi connectivity index (χ2n) is 4.77. The predicted molar refractivity (Wildman–Crippen MR) is 91.8 cm³/mol. The fraction of sp³-hybridized carbons (Fsp3) is 0.188. The first-order valence-electron chi connectivity index (χ1n) is 7.21. The summed E-state index contributed by atoms with van der Waals surface area (Å²) in [4.78, 5) is 35.4. The minimum atomic E-state index is -0.494. The SMILES string of the molecule is CCNC(=O)c1cccc(NC(=O)CNC(=O)c2ccc(Br)o2)c1. The Kier molecular flexibility index (Phi) is 6.14. The first kappa shape index (κ1) is 17.7. The molecule has 126 valence electrons. The molecule has 0 aliphatic rings. The number of hydrogen-bond acceptors (Lipinski definition) is 4. The Bertz CT molecular complexity index is 757. The van der Waals surface area contributed by atoms with E-state index in [1.165, 1.54) is 6.07 Å². The van der Waals surface area contributed by atoms with Gasteiger partial charge in [0.25, 0.3) is 11.8 Å². The molecule has 24 heavy (non-hydrogen) atoms. The van der Waals surface area contributed by atoms with E-state index in [1.54, 1.807) is 30.3 Å². The maximum Gasteiger partial charge on any atom is 0.287 e. The van der Waals surface area contributed by atoms with Crippen molar-refractivity contribution < 1.29 is 18.8 Å². The molecule has 7 nitrogen and oxygen atoms in total. The van der Waals surface area contributed by atoms with E-state index in [2.05, 4.69) is 31.9 Å². The van der Waals surface area contributed by atoms with Gasteiger partial charge in [0.15, 0.2) is 10.4 Å². The summed E-state index contributed by atoms with van der Waals surface area (Å²) in [6, 6.07) is 9.62. The second-order valence-corrected chi connectivity index (χ2v) is 5.56. The van der Waals surface area contributed by atoms with Crippen molar-refractivity contribution in [2.45, 2.75) is 6.92 Å². The molecule has 1 aromatic heterocycles. The van der Waals surface area contributed by atoms with Gasteiger partial charge in [0.1, 0.15) is 0 Å². The molecule has 0 saturated carbocycles. The van der Waals surface area contributed by atoms with E-state index in [4.69, 9.17) is 4.42 Å². The Labute approximate surface area is 146 Å². The van der Waals surface area contributed by atoms with Gasteiger partial charge in [0.2, 0.25) is 5.91 Å². The van der Waals surface area contributed by atoms with E-state index in [9.17, 15) is 14.4 Å². The second kappa shape index (κ2) is 8.30. The minimum absolute atomic E-state index is 0.105. The molecule has 0 radical (unpaired) electrons. The fourth-order valence-corrected chi connectivity index (χ4v) is 2.20. The molecule has 0 spiro atoms. The van der Waals surface area contributed by atoms with Crippen LogP contribution in [0.3, 0.4) is 0 Å². The first-order chi connectivity index (χ1) is 11.5. The highest BCUT2D eigenvalue weighted by Crippen LogP contribution is 2.14. The van der Waals surface area contributed by atoms with Gasteiger partial charge >= 0.3 is 0 Å². The Morgan fingerprint density at radius 1 is 1.08 bits per heavy atom. The Morgan fingerprint density at radius 3 is 2.54 bits per heavy atom. The van der Waals surface area contributed by atoms with Crippen molar-refractivity contribution in [2.24, 2.45) is 0 Å². The van der Waals surface area contributed by atoms with Gasteiger partial charge in [0.05, 0.1) is 6.54 Å². The summed E-state index contributed by atoms with van der Waals surface area (Å²) >= 11 is 3.10. The fourth-order valence-electron chi connectivity index (χ4n) is 1.89. The number of hydrogen-bond donors (Lipinski definition) is 3. The van der Waals surface area contributed by atoms with Crippen molar-refractivity contribution in [3.63, 3.8) is 0 Å². The zero-order valence-electron chi connectivity index (χ0n) is 12.9. The van der Waals surface area contributed by atoms with Crippen molar-refractivity contribution in [1.82, 2.24) is 10.6 Å². The summed E-state index contributed by atoms with van der Waals surface area (Å²) in [6.45, 7) is 2.12. The highest BCUT2D eigenvalue weighted by molar-refractivity contribution is 9.10. The van der Waals surface area contributed by atoms with Gasteiger partial charge < -0.3 is 20.4 Å². The highest BCUT2D eigenvalue weighted by Gasteiger charge is 2.12. The third kappa shape index (κ3) is 4.95. The Morgan fingerprint density at radius 2 is 1.88 bits per heavy atom. The average molecular weight is 394 g/mol. The van der Waals surface area contributed by atoms with Crippen LogP contribution in [0.5, 0.6) is 0 Å². The third-order valence-electron chi connectivity index (χ3n) is 2.95. The molecule has 0 fully saturated rings. The maximum atomic E-state index is 11.9. The molecular formula is C16H16BrN3O4. The zero-order chi connectivity index (χ0) is 17.5. The van der Waals surface area contributed by atoms with Gasteiger partial charge in [-0.25, -0.2) is 0 Å². The number of carbonyl (C=O) groups is 3. The van der Waals surface area contributed by atoms with Crippen LogP contribution >= 0.6 is 15.9 Å². The number of benzene rings is 1. The maximum absolute atomic E-state index is 11.9. The third-order valence-corrected chi connectivity index (χ3v) is 3.38. The normalized spacial score (nSPS) is 10.1. The Hall–Kier alpha value is -2.61. The van der Waals surface area contributed by atoms with E-state index < -0.39 is 11.8 Å². The van der Waals surface area contributed by atoms with E-state index in [-0.39, 0.29) is 18.2 Å². The number of rotatable bonds is 6. The Balaban J connectivity index is 1.89. The predicted octanol–water partition coefficient (Wildman–Crippen LogP) is 2.16. The van der Waals surface area contributed by atoms with Crippen LogP contribution in [-0.2, 0) is 4.79 Å². The topological polar surface area (TPSA) is 100 Å². The largest absolute Gasteiger partial charge is 0.444 e. The van der Waals surface area contributed by atoms with Crippen molar-refractivity contribution in [1.29, 1.82) is 0 Å². The van der Waals surface area contributed by atoms with E-state index >= 15 is 0 Å². The highest BCUT2D eigenvalue weighted by atomic mass is 79.9. The van der Waals surface area contributed by atoms with Gasteiger partial charge in [0, 0.05) is 17.8 Å². The van der Waals surface area contributed by atoms with E-state index in [0.717, 1.165) is 0 Å². The molecule has 0 aliphatic carbocycles. The van der Waals surface area contributed by atoms with Crippen molar-refractivity contribution in [3.8, 4) is 0 Å². The molecule has 0 unspecified atom stereocenters. The molecule has 3 amide bonds. The monoisotopic (exact) mass is 393 g/mol. The molecule has 1 heterocycles. The lowest BCUT2D eigenvalue weighted by molar-refractivity contribution is -0.115. The van der Waals surface area contributed by atoms with Gasteiger partial charge in [-0.15, -0.1) is 0 Å². The van der Waals surface area contributed by atoms with Crippen molar-refractivity contribution >= 4 is 39.3 Å². The van der Waals surface area contributed by atoms with Crippen LogP contribution < -0.4 is 16.0 Å². The molecule has 1 aromatic carbocycles. The average Bonchev–Trinajstić information content (AvgIpc) is 3.00. The molecule has 0 saturated heterocycles. The van der Waals surface area contributed by atoms with Crippen molar-refractivity contribution in [3.05, 3.63) is 52.4 Å². The summed E-state index contributed by atoms with van der Waals surface area (Å²) in [5, 5.41) is 7.74. The van der Waals surface area contributed by atoms with Crippen LogP contribution in [0.15, 0.2) is 45.5 Å². The van der Waals surface area contributed by atoms with Crippen LogP contribution in [0.2, 0.25) is 0 Å². The molecule has 0 bridgehead atoms. The van der Waals surface area contributed by atoms with Crippen molar-refractivity contribution in [2.75, 3.05) is 18.4 Å². The summed E-state index contributed by atoms with van der Waals surface area (Å²) in [6.07, 6.45) is 0. The number of furan rings is 1. The van der Waals surface area contributed by atoms with Gasteiger partial charge in [-0.3, -0.25) is 14.4 Å². The number of nitrogens with one attached hydrogen (secondary N) is 3. The summed E-state index contributed by atoms with van der Waals surface area (Å²) in [5.74, 6) is -1.02. The molecule has 0 atom stereocenters. The van der Waals surface area contributed by atoms with Crippen LogP contribution in [0.1, 0.15) is 27.8 Å². The molecule has 2 aromatic rings. The van der Waals surface area contributed by atoms with E-state index in [1.807, 2.05) is 6.92 Å². The summed E-state index contributed by atoms with van der Waals surface area (Å²) in [5.41, 5.74) is 0.915. The minimum Gasteiger partial charge on any atom is -0.444 e. The van der Waals surface area contributed by atoms with Gasteiger partial charge in [-0.1, -0.05) is 6.07 Å². The lowest BCUT2D eigenvalue weighted by Crippen LogP contribution is -2.32. The summed E-state index contributed by atoms with van der Waals surface area (Å²) < 4.78 is 5.52. The standard InChI is InChI=1S/C16H16BrN3O4/c1-2-18-15(22)10-4-3-5-11(8-10)20-14(21)9-19-16(23)12-6-7-13(17)24-12/h3-8H,2,9H2,1H3,(H,18,22)(H,19,23)(H,20,21). The smallest absolute Gasteiger partial charge is 0.287 e. The van der Waals surface area contributed by atoms with E-state index in [0.29, 0.717) is 22.5 Å². The summed E-state index contributed by atoms with van der Waals surface area (Å²) in [7, 11) is 0. The van der Waals surface area contributed by atoms with Crippen LogP contribution in [0.25, 0.3) is 0 Å². The quantitative estimate of drug-likeness (QED) is 0.699. The number of carbonyl (C=O) groups excluding carboxylic acids is 3. The number of anilines is 1. The first-order valence-corrected chi connectivity index (χ1v) is 8.00. The lowest BCUT2D eigenvalue weighted by Gasteiger charge is -2.08. The molecule has 2 rings (SSSR count). The van der Waals surface area contributed by atoms with Gasteiger partial charge in [-0.05, 0) is 53.2 Å².